The fourth-order valence-electron chi connectivity index (χ4n) is 3.77. The van der Waals surface area contributed by atoms with Crippen molar-refractivity contribution in [1.82, 2.24) is 0 Å². The van der Waals surface area contributed by atoms with Crippen LogP contribution in [0.1, 0.15) is 29.5 Å². The van der Waals surface area contributed by atoms with E-state index in [1.807, 2.05) is 0 Å². The third kappa shape index (κ3) is 4.86. The SMILES string of the molecule is CC1CC(=O)Nc2ccccc2N1C(=O)COC(=O)c1occc1CS(=O)(=O)c1ccccc1. The molecule has 3 aromatic rings. The van der Waals surface area contributed by atoms with Gasteiger partial charge >= 0.3 is 5.97 Å². The first-order chi connectivity index (χ1) is 16.3. The molecule has 1 aliphatic heterocycles. The fourth-order valence-corrected chi connectivity index (χ4v) is 5.15. The second-order valence-electron chi connectivity index (χ2n) is 7.81. The zero-order valence-corrected chi connectivity index (χ0v) is 19.1. The number of rotatable bonds is 6. The molecular weight excluding hydrogens is 460 g/mol. The van der Waals surface area contributed by atoms with E-state index in [0.29, 0.717) is 11.4 Å². The van der Waals surface area contributed by atoms with Crippen molar-refractivity contribution in [3.05, 3.63) is 78.3 Å². The molecule has 0 spiro atoms. The number of amides is 2. The van der Waals surface area contributed by atoms with Crippen LogP contribution in [0.5, 0.6) is 0 Å². The predicted octanol–water partition coefficient (Wildman–Crippen LogP) is 3.17. The van der Waals surface area contributed by atoms with Gasteiger partial charge in [0.2, 0.25) is 11.7 Å². The molecule has 10 heteroatoms. The van der Waals surface area contributed by atoms with Crippen LogP contribution in [-0.4, -0.2) is 38.9 Å². The summed E-state index contributed by atoms with van der Waals surface area (Å²) in [4.78, 5) is 39.2. The molecule has 2 amide bonds. The maximum atomic E-state index is 13.0. The third-order valence-corrected chi connectivity index (χ3v) is 7.02. The molecule has 1 unspecified atom stereocenters. The topological polar surface area (TPSA) is 123 Å². The van der Waals surface area contributed by atoms with Gasteiger partial charge < -0.3 is 19.4 Å². The maximum Gasteiger partial charge on any atom is 0.375 e. The van der Waals surface area contributed by atoms with Crippen molar-refractivity contribution < 1.29 is 32.0 Å². The van der Waals surface area contributed by atoms with Crippen molar-refractivity contribution in [3.63, 3.8) is 0 Å². The number of nitrogens with one attached hydrogen (secondary N) is 1. The number of hydrogen-bond donors (Lipinski definition) is 1. The summed E-state index contributed by atoms with van der Waals surface area (Å²) in [6.07, 6.45) is 1.27. The van der Waals surface area contributed by atoms with Gasteiger partial charge in [-0.1, -0.05) is 30.3 Å². The van der Waals surface area contributed by atoms with Gasteiger partial charge in [-0.15, -0.1) is 0 Å². The van der Waals surface area contributed by atoms with Crippen LogP contribution in [0.25, 0.3) is 0 Å². The van der Waals surface area contributed by atoms with Gasteiger partial charge in [-0.05, 0) is 37.3 Å². The molecule has 0 saturated heterocycles. The number of benzene rings is 2. The second-order valence-corrected chi connectivity index (χ2v) is 9.80. The fraction of sp³-hybridized carbons (Fsp3) is 0.208. The normalized spacial score (nSPS) is 15.7. The van der Waals surface area contributed by atoms with Crippen LogP contribution in [0, 0.1) is 0 Å². The zero-order chi connectivity index (χ0) is 24.3. The summed E-state index contributed by atoms with van der Waals surface area (Å²) in [5, 5.41) is 2.76. The molecule has 4 rings (SSSR count). The Morgan fingerprint density at radius 3 is 2.56 bits per heavy atom. The molecule has 9 nitrogen and oxygen atoms in total. The van der Waals surface area contributed by atoms with Crippen LogP contribution < -0.4 is 10.2 Å². The molecule has 34 heavy (non-hydrogen) atoms. The molecule has 0 radical (unpaired) electrons. The highest BCUT2D eigenvalue weighted by Gasteiger charge is 2.31. The lowest BCUT2D eigenvalue weighted by atomic mass is 10.1. The summed E-state index contributed by atoms with van der Waals surface area (Å²) in [6, 6.07) is 15.6. The zero-order valence-electron chi connectivity index (χ0n) is 18.3. The van der Waals surface area contributed by atoms with Gasteiger partial charge in [0, 0.05) is 18.0 Å². The summed E-state index contributed by atoms with van der Waals surface area (Å²) >= 11 is 0. The summed E-state index contributed by atoms with van der Waals surface area (Å²) in [5.41, 5.74) is 1.11. The number of ether oxygens (including phenoxy) is 1. The number of para-hydroxylation sites is 2. The first-order valence-corrected chi connectivity index (χ1v) is 12.1. The minimum atomic E-state index is -3.72. The molecule has 1 N–H and O–H groups in total. The molecule has 1 aromatic heterocycles. The summed E-state index contributed by atoms with van der Waals surface area (Å²) < 4.78 is 35.7. The molecule has 2 heterocycles. The highest BCUT2D eigenvalue weighted by atomic mass is 32.2. The number of hydrogen-bond acceptors (Lipinski definition) is 7. The minimum absolute atomic E-state index is 0.0774. The van der Waals surface area contributed by atoms with E-state index in [1.54, 1.807) is 49.4 Å². The summed E-state index contributed by atoms with van der Waals surface area (Å²) in [7, 11) is -3.72. The van der Waals surface area contributed by atoms with Gasteiger partial charge in [0.05, 0.1) is 28.3 Å². The highest BCUT2D eigenvalue weighted by molar-refractivity contribution is 7.90. The number of carbonyl (C=O) groups excluding carboxylic acids is 3. The number of sulfone groups is 1. The van der Waals surface area contributed by atoms with Crippen LogP contribution in [-0.2, 0) is 29.9 Å². The van der Waals surface area contributed by atoms with E-state index in [2.05, 4.69) is 5.32 Å². The van der Waals surface area contributed by atoms with E-state index in [4.69, 9.17) is 9.15 Å². The quantitative estimate of drug-likeness (QED) is 0.535. The molecule has 2 aromatic carbocycles. The highest BCUT2D eigenvalue weighted by Crippen LogP contribution is 2.31. The first-order valence-electron chi connectivity index (χ1n) is 10.5. The van der Waals surface area contributed by atoms with Crippen molar-refractivity contribution in [2.45, 2.75) is 30.0 Å². The standard InChI is InChI=1S/C24H22N2O7S/c1-16-13-21(27)25-19-9-5-6-10-20(19)26(16)22(28)14-33-24(29)23-17(11-12-32-23)15-34(30,31)18-7-3-2-4-8-18/h2-12,16H,13-15H2,1H3,(H,25,27). The van der Waals surface area contributed by atoms with E-state index >= 15 is 0 Å². The Labute approximate surface area is 196 Å². The van der Waals surface area contributed by atoms with E-state index in [1.165, 1.54) is 29.4 Å². The molecule has 0 saturated carbocycles. The maximum absolute atomic E-state index is 13.0. The van der Waals surface area contributed by atoms with Gasteiger partial charge in [-0.25, -0.2) is 13.2 Å². The van der Waals surface area contributed by atoms with Crippen molar-refractivity contribution >= 4 is 39.0 Å². The van der Waals surface area contributed by atoms with Crippen LogP contribution >= 0.6 is 0 Å². The van der Waals surface area contributed by atoms with Crippen molar-refractivity contribution in [2.24, 2.45) is 0 Å². The monoisotopic (exact) mass is 482 g/mol. The summed E-state index contributed by atoms with van der Waals surface area (Å²) in [5.74, 6) is -2.46. The number of carbonyl (C=O) groups is 3. The minimum Gasteiger partial charge on any atom is -0.457 e. The van der Waals surface area contributed by atoms with E-state index in [9.17, 15) is 22.8 Å². The number of furan rings is 1. The molecule has 1 aliphatic rings. The Kier molecular flexibility index (Phi) is 6.51. The molecular formula is C24H22N2O7S. The van der Waals surface area contributed by atoms with Gasteiger partial charge in [0.1, 0.15) is 0 Å². The van der Waals surface area contributed by atoms with Gasteiger partial charge in [-0.2, -0.15) is 0 Å². The lowest BCUT2D eigenvalue weighted by molar-refractivity contribution is -0.122. The van der Waals surface area contributed by atoms with Crippen molar-refractivity contribution in [2.75, 3.05) is 16.8 Å². The van der Waals surface area contributed by atoms with Gasteiger partial charge in [0.15, 0.2) is 16.4 Å². The van der Waals surface area contributed by atoms with Crippen molar-refractivity contribution in [3.8, 4) is 0 Å². The molecule has 0 aliphatic carbocycles. The van der Waals surface area contributed by atoms with Crippen molar-refractivity contribution in [1.29, 1.82) is 0 Å². The Bertz CT molecular complexity index is 1330. The molecule has 176 valence electrons. The van der Waals surface area contributed by atoms with Crippen LogP contribution in [0.2, 0.25) is 0 Å². The predicted molar refractivity (Wildman–Crippen MR) is 123 cm³/mol. The number of fused-ring (bicyclic) bond motifs is 1. The summed E-state index contributed by atoms with van der Waals surface area (Å²) in [6.45, 7) is 1.11. The second kappa shape index (κ2) is 9.52. The van der Waals surface area contributed by atoms with Gasteiger partial charge in [0.25, 0.3) is 5.91 Å². The molecule has 0 fully saturated rings. The van der Waals surface area contributed by atoms with Gasteiger partial charge in [-0.3, -0.25) is 9.59 Å². The lowest BCUT2D eigenvalue weighted by Gasteiger charge is -2.27. The Morgan fingerprint density at radius 2 is 1.79 bits per heavy atom. The lowest BCUT2D eigenvalue weighted by Crippen LogP contribution is -2.41. The number of nitrogens with zero attached hydrogens (tertiary/aromatic N) is 1. The Hall–Kier alpha value is -3.92. The van der Waals surface area contributed by atoms with E-state index in [-0.39, 0.29) is 28.5 Å². The average Bonchev–Trinajstić information content (AvgIpc) is 3.21. The Balaban J connectivity index is 1.48. The molecule has 1 atom stereocenters. The third-order valence-electron chi connectivity index (χ3n) is 5.33. The molecule has 0 bridgehead atoms. The van der Waals surface area contributed by atoms with Crippen LogP contribution in [0.15, 0.2) is 76.2 Å². The smallest absolute Gasteiger partial charge is 0.375 e. The van der Waals surface area contributed by atoms with E-state index < -0.39 is 40.1 Å². The largest absolute Gasteiger partial charge is 0.457 e. The first kappa shape index (κ1) is 23.2. The Morgan fingerprint density at radius 1 is 1.09 bits per heavy atom. The number of anilines is 2. The van der Waals surface area contributed by atoms with Crippen LogP contribution in [0.3, 0.4) is 0 Å². The average molecular weight is 483 g/mol. The number of esters is 1. The van der Waals surface area contributed by atoms with Crippen LogP contribution in [0.4, 0.5) is 11.4 Å². The van der Waals surface area contributed by atoms with E-state index in [0.717, 1.165) is 0 Å².